The predicted molar refractivity (Wildman–Crippen MR) is 90.5 cm³/mol. The molecule has 2 atom stereocenters. The average molecular weight is 318 g/mol. The van der Waals surface area contributed by atoms with Gasteiger partial charge in [0.1, 0.15) is 0 Å². The molecular formula is C18H26N2O3. The van der Waals surface area contributed by atoms with Gasteiger partial charge in [-0.15, -0.1) is 0 Å². The number of piperidine rings is 1. The van der Waals surface area contributed by atoms with Crippen LogP contribution in [-0.2, 0) is 9.53 Å². The highest BCUT2D eigenvalue weighted by molar-refractivity contribution is 5.96. The second-order valence-electron chi connectivity index (χ2n) is 6.71. The Kier molecular flexibility index (Phi) is 5.77. The first-order valence-corrected chi connectivity index (χ1v) is 8.10. The molecule has 1 fully saturated rings. The Morgan fingerprint density at radius 2 is 1.91 bits per heavy atom. The lowest BCUT2D eigenvalue weighted by atomic mass is 9.92. The van der Waals surface area contributed by atoms with Crippen molar-refractivity contribution in [3.05, 3.63) is 29.3 Å². The Bertz CT molecular complexity index is 576. The Morgan fingerprint density at radius 3 is 2.52 bits per heavy atom. The van der Waals surface area contributed by atoms with Gasteiger partial charge in [-0.3, -0.25) is 9.69 Å². The molecule has 1 amide bonds. The number of amides is 1. The second-order valence-corrected chi connectivity index (χ2v) is 6.71. The van der Waals surface area contributed by atoms with Crippen LogP contribution in [0.3, 0.4) is 0 Å². The minimum atomic E-state index is -0.404. The van der Waals surface area contributed by atoms with Crippen molar-refractivity contribution < 1.29 is 14.3 Å². The number of nitrogens with zero attached hydrogens (tertiary/aromatic N) is 1. The number of aryl methyl sites for hydroxylation is 1. The molecule has 0 spiro atoms. The molecule has 1 saturated heterocycles. The van der Waals surface area contributed by atoms with E-state index < -0.39 is 5.97 Å². The lowest BCUT2D eigenvalue weighted by Crippen LogP contribution is -2.42. The van der Waals surface area contributed by atoms with Crippen LogP contribution in [0, 0.1) is 18.8 Å². The third-order valence-corrected chi connectivity index (χ3v) is 4.24. The van der Waals surface area contributed by atoms with E-state index in [0.29, 0.717) is 29.6 Å². The second kappa shape index (κ2) is 7.59. The lowest BCUT2D eigenvalue weighted by molar-refractivity contribution is -0.117. The zero-order valence-electron chi connectivity index (χ0n) is 14.4. The molecule has 2 rings (SSSR count). The Morgan fingerprint density at radius 1 is 1.26 bits per heavy atom. The van der Waals surface area contributed by atoms with E-state index in [4.69, 9.17) is 4.74 Å². The number of methoxy groups -OCH3 is 1. The van der Waals surface area contributed by atoms with Crippen molar-refractivity contribution in [1.29, 1.82) is 0 Å². The monoisotopic (exact) mass is 318 g/mol. The van der Waals surface area contributed by atoms with Crippen LogP contribution in [0.4, 0.5) is 5.69 Å². The molecule has 1 N–H and O–H groups in total. The lowest BCUT2D eigenvalue weighted by Gasteiger charge is -2.34. The summed E-state index contributed by atoms with van der Waals surface area (Å²) in [5.41, 5.74) is 2.02. The van der Waals surface area contributed by atoms with Crippen LogP contribution in [-0.4, -0.2) is 43.5 Å². The van der Waals surface area contributed by atoms with Gasteiger partial charge in [-0.25, -0.2) is 4.79 Å². The molecule has 2 unspecified atom stereocenters. The number of rotatable bonds is 4. The van der Waals surface area contributed by atoms with Crippen molar-refractivity contribution in [2.75, 3.05) is 32.1 Å². The Balaban J connectivity index is 2.01. The highest BCUT2D eigenvalue weighted by Crippen LogP contribution is 2.21. The van der Waals surface area contributed by atoms with Gasteiger partial charge in [0.2, 0.25) is 5.91 Å². The molecule has 1 aromatic rings. The van der Waals surface area contributed by atoms with E-state index in [0.717, 1.165) is 18.7 Å². The van der Waals surface area contributed by atoms with Gasteiger partial charge in [-0.1, -0.05) is 19.9 Å². The first-order valence-electron chi connectivity index (χ1n) is 8.10. The van der Waals surface area contributed by atoms with Crippen molar-refractivity contribution in [2.24, 2.45) is 11.8 Å². The van der Waals surface area contributed by atoms with Crippen LogP contribution >= 0.6 is 0 Å². The maximum Gasteiger partial charge on any atom is 0.337 e. The molecule has 0 saturated carbocycles. The highest BCUT2D eigenvalue weighted by atomic mass is 16.5. The topological polar surface area (TPSA) is 58.6 Å². The van der Waals surface area contributed by atoms with Crippen molar-refractivity contribution in [2.45, 2.75) is 27.2 Å². The number of ether oxygens (including phenoxy) is 1. The van der Waals surface area contributed by atoms with Crippen LogP contribution in [0.15, 0.2) is 18.2 Å². The van der Waals surface area contributed by atoms with Crippen LogP contribution in [0.25, 0.3) is 0 Å². The number of carbonyl (C=O) groups is 2. The summed E-state index contributed by atoms with van der Waals surface area (Å²) in [7, 11) is 1.35. The van der Waals surface area contributed by atoms with Crippen LogP contribution in [0.1, 0.15) is 36.2 Å². The van der Waals surface area contributed by atoms with E-state index in [1.165, 1.54) is 13.5 Å². The Labute approximate surface area is 138 Å². The van der Waals surface area contributed by atoms with Crippen molar-refractivity contribution in [3.8, 4) is 0 Å². The Hall–Kier alpha value is -1.88. The third-order valence-electron chi connectivity index (χ3n) is 4.24. The average Bonchev–Trinajstić information content (AvgIpc) is 2.47. The van der Waals surface area contributed by atoms with Gasteiger partial charge in [-0.05, 0) is 42.9 Å². The fourth-order valence-electron chi connectivity index (χ4n) is 3.32. The maximum atomic E-state index is 12.3. The molecule has 0 aliphatic carbocycles. The van der Waals surface area contributed by atoms with Gasteiger partial charge < -0.3 is 10.1 Å². The minimum Gasteiger partial charge on any atom is -0.465 e. The van der Waals surface area contributed by atoms with E-state index >= 15 is 0 Å². The SMILES string of the molecule is COC(=O)c1ccc(C)c(NC(=O)CN2CC(C)CC(C)C2)c1. The molecule has 0 bridgehead atoms. The van der Waals surface area contributed by atoms with Crippen molar-refractivity contribution in [3.63, 3.8) is 0 Å². The van der Waals surface area contributed by atoms with Crippen molar-refractivity contribution in [1.82, 2.24) is 4.90 Å². The van der Waals surface area contributed by atoms with Gasteiger partial charge in [0.25, 0.3) is 0 Å². The summed E-state index contributed by atoms with van der Waals surface area (Å²) in [5.74, 6) is 0.794. The molecule has 1 aliphatic rings. The summed E-state index contributed by atoms with van der Waals surface area (Å²) < 4.78 is 4.72. The third kappa shape index (κ3) is 4.79. The minimum absolute atomic E-state index is 0.0450. The molecule has 126 valence electrons. The van der Waals surface area contributed by atoms with Gasteiger partial charge in [0, 0.05) is 18.8 Å². The summed E-state index contributed by atoms with van der Waals surface area (Å²) in [6.07, 6.45) is 1.22. The summed E-state index contributed by atoms with van der Waals surface area (Å²) in [6, 6.07) is 5.18. The van der Waals surface area contributed by atoms with E-state index in [9.17, 15) is 9.59 Å². The largest absolute Gasteiger partial charge is 0.465 e. The fraction of sp³-hybridized carbons (Fsp3) is 0.556. The molecule has 23 heavy (non-hydrogen) atoms. The molecule has 1 aliphatic heterocycles. The maximum absolute atomic E-state index is 12.3. The molecule has 0 radical (unpaired) electrons. The molecule has 0 aromatic heterocycles. The highest BCUT2D eigenvalue weighted by Gasteiger charge is 2.23. The molecule has 5 nitrogen and oxygen atoms in total. The standard InChI is InChI=1S/C18H26N2O3/c1-12-7-13(2)10-20(9-12)11-17(21)19-16-8-15(18(22)23-4)6-5-14(16)3/h5-6,8,12-13H,7,9-11H2,1-4H3,(H,19,21). The first-order chi connectivity index (χ1) is 10.9. The van der Waals surface area contributed by atoms with Crippen LogP contribution in [0.5, 0.6) is 0 Å². The molecular weight excluding hydrogens is 292 g/mol. The van der Waals surface area contributed by atoms with Crippen molar-refractivity contribution >= 4 is 17.6 Å². The summed E-state index contributed by atoms with van der Waals surface area (Å²) in [6.45, 7) is 8.66. The number of benzene rings is 1. The van der Waals surface area contributed by atoms with E-state index in [1.54, 1.807) is 12.1 Å². The summed E-state index contributed by atoms with van der Waals surface area (Å²) in [5, 5.41) is 2.92. The van der Waals surface area contributed by atoms with Gasteiger partial charge >= 0.3 is 5.97 Å². The quantitative estimate of drug-likeness (QED) is 0.867. The number of nitrogens with one attached hydrogen (secondary N) is 1. The van der Waals surface area contributed by atoms with Gasteiger partial charge in [0.15, 0.2) is 0 Å². The first kappa shape index (κ1) is 17.5. The predicted octanol–water partition coefficient (Wildman–Crippen LogP) is 2.70. The number of anilines is 1. The number of hydrogen-bond acceptors (Lipinski definition) is 4. The number of esters is 1. The summed E-state index contributed by atoms with van der Waals surface area (Å²) >= 11 is 0. The molecule has 1 aromatic carbocycles. The smallest absolute Gasteiger partial charge is 0.337 e. The van der Waals surface area contributed by atoms with E-state index in [1.807, 2.05) is 13.0 Å². The van der Waals surface area contributed by atoms with Gasteiger partial charge in [0.05, 0.1) is 19.2 Å². The summed E-state index contributed by atoms with van der Waals surface area (Å²) in [4.78, 5) is 26.1. The molecule has 1 heterocycles. The number of likely N-dealkylation sites (tertiary alicyclic amines) is 1. The zero-order chi connectivity index (χ0) is 17.0. The van der Waals surface area contributed by atoms with Crippen LogP contribution in [0.2, 0.25) is 0 Å². The number of hydrogen-bond donors (Lipinski definition) is 1. The van der Waals surface area contributed by atoms with Crippen LogP contribution < -0.4 is 5.32 Å². The van der Waals surface area contributed by atoms with Gasteiger partial charge in [-0.2, -0.15) is 0 Å². The van der Waals surface area contributed by atoms with E-state index in [-0.39, 0.29) is 5.91 Å². The molecule has 5 heteroatoms. The normalized spacial score (nSPS) is 21.7. The fourth-order valence-corrected chi connectivity index (χ4v) is 3.32. The zero-order valence-corrected chi connectivity index (χ0v) is 14.4. The number of carbonyl (C=O) groups excluding carboxylic acids is 2. The van der Waals surface area contributed by atoms with E-state index in [2.05, 4.69) is 24.1 Å².